The van der Waals surface area contributed by atoms with Crippen LogP contribution in [0, 0.1) is 5.92 Å². The van der Waals surface area contributed by atoms with Gasteiger partial charge in [0.05, 0.1) is 10.9 Å². The second-order valence-electron chi connectivity index (χ2n) is 11.4. The molecule has 4 heterocycles. The smallest absolute Gasteiger partial charge is 0.412 e. The second kappa shape index (κ2) is 9.98. The number of nitrogens with zero attached hydrogens (tertiary/aromatic N) is 5. The van der Waals surface area contributed by atoms with E-state index in [-0.39, 0.29) is 30.2 Å². The zero-order valence-corrected chi connectivity index (χ0v) is 24.3. The van der Waals surface area contributed by atoms with Crippen molar-refractivity contribution in [2.24, 2.45) is 5.92 Å². The molecule has 1 aliphatic heterocycles. The SMILES string of the molecule is CC(C)(C)OC(=O)Nc1ccc2c3c(N)ncnc3n(CC(=O)N3[C@@H]4CC4C[C@H]3C(=O)Nc3cccc(Br)n3)c2c1. The summed E-state index contributed by atoms with van der Waals surface area (Å²) in [5, 5.41) is 6.95. The van der Waals surface area contributed by atoms with Crippen LogP contribution in [0.5, 0.6) is 0 Å². The number of aromatic nitrogens is 4. The van der Waals surface area contributed by atoms with Crippen molar-refractivity contribution < 1.29 is 19.1 Å². The van der Waals surface area contributed by atoms with E-state index in [2.05, 4.69) is 41.5 Å². The van der Waals surface area contributed by atoms with Gasteiger partial charge in [-0.1, -0.05) is 6.07 Å². The molecule has 1 unspecified atom stereocenters. The Labute approximate surface area is 243 Å². The van der Waals surface area contributed by atoms with E-state index in [0.29, 0.717) is 45.0 Å². The molecule has 2 fully saturated rings. The molecule has 1 saturated carbocycles. The molecule has 3 atom stereocenters. The van der Waals surface area contributed by atoms with Crippen molar-refractivity contribution in [3.8, 4) is 0 Å². The van der Waals surface area contributed by atoms with E-state index in [0.717, 1.165) is 11.8 Å². The Morgan fingerprint density at radius 3 is 2.68 bits per heavy atom. The Hall–Kier alpha value is -4.26. The number of benzene rings is 1. The van der Waals surface area contributed by atoms with Gasteiger partial charge < -0.3 is 25.3 Å². The Morgan fingerprint density at radius 1 is 1.12 bits per heavy atom. The molecule has 212 valence electrons. The summed E-state index contributed by atoms with van der Waals surface area (Å²) in [5.74, 6) is 0.511. The first-order chi connectivity index (χ1) is 19.5. The van der Waals surface area contributed by atoms with E-state index in [1.54, 1.807) is 66.6 Å². The monoisotopic (exact) mass is 620 g/mol. The lowest BCUT2D eigenvalue weighted by Gasteiger charge is -2.27. The van der Waals surface area contributed by atoms with Crippen LogP contribution < -0.4 is 16.4 Å². The lowest BCUT2D eigenvalue weighted by Crippen LogP contribution is -2.46. The third-order valence-electron chi connectivity index (χ3n) is 7.27. The molecule has 1 saturated heterocycles. The van der Waals surface area contributed by atoms with Gasteiger partial charge in [0.25, 0.3) is 0 Å². The number of nitrogen functional groups attached to an aromatic ring is 1. The van der Waals surface area contributed by atoms with Gasteiger partial charge in [0.1, 0.15) is 46.4 Å². The topological polar surface area (TPSA) is 157 Å². The van der Waals surface area contributed by atoms with Crippen molar-refractivity contribution in [1.82, 2.24) is 24.4 Å². The summed E-state index contributed by atoms with van der Waals surface area (Å²) < 4.78 is 7.75. The molecule has 2 aliphatic rings. The standard InChI is InChI=1S/C28H29BrN8O4/c1-28(2,3)41-27(40)33-15-7-8-16-18(11-15)36(25-23(16)24(30)31-13-32-25)12-22(38)37-17-9-14(17)10-19(37)26(39)35-21-6-4-5-20(29)34-21/h4-8,11,13-14,17,19H,9-10,12H2,1-3H3,(H,33,40)(H2,30,31,32)(H,34,35,39)/t14?,17-,19+/m1/s1. The van der Waals surface area contributed by atoms with Crippen LogP contribution in [0.4, 0.5) is 22.1 Å². The highest BCUT2D eigenvalue weighted by Crippen LogP contribution is 2.48. The molecule has 3 amide bonds. The lowest BCUT2D eigenvalue weighted by molar-refractivity contribution is -0.138. The largest absolute Gasteiger partial charge is 0.444 e. The maximum Gasteiger partial charge on any atom is 0.412 e. The average Bonchev–Trinajstić information content (AvgIpc) is 3.43. The Balaban J connectivity index is 1.31. The number of hydrogen-bond donors (Lipinski definition) is 3. The molecule has 41 heavy (non-hydrogen) atoms. The Bertz CT molecular complexity index is 1710. The van der Waals surface area contributed by atoms with Gasteiger partial charge in [-0.3, -0.25) is 14.9 Å². The number of nitrogens with two attached hydrogens (primary N) is 1. The molecule has 0 bridgehead atoms. The minimum atomic E-state index is -0.661. The third kappa shape index (κ3) is 5.29. The minimum absolute atomic E-state index is 0.0194. The quantitative estimate of drug-likeness (QED) is 0.279. The number of piperidine rings is 1. The molecule has 3 aromatic heterocycles. The van der Waals surface area contributed by atoms with E-state index in [9.17, 15) is 14.4 Å². The number of fused-ring (bicyclic) bond motifs is 4. The Morgan fingerprint density at radius 2 is 1.93 bits per heavy atom. The molecule has 12 nitrogen and oxygen atoms in total. The number of ether oxygens (including phenoxy) is 1. The summed E-state index contributed by atoms with van der Waals surface area (Å²) in [5.41, 5.74) is 7.19. The number of pyridine rings is 1. The number of nitrogens with one attached hydrogen (secondary N) is 2. The first-order valence-electron chi connectivity index (χ1n) is 13.3. The molecule has 4 aromatic rings. The van der Waals surface area contributed by atoms with Crippen LogP contribution in [0.3, 0.4) is 0 Å². The maximum atomic E-state index is 13.9. The first kappa shape index (κ1) is 26.9. The van der Waals surface area contributed by atoms with Gasteiger partial charge in [-0.15, -0.1) is 0 Å². The fourth-order valence-corrected chi connectivity index (χ4v) is 5.89. The van der Waals surface area contributed by atoms with Gasteiger partial charge in [0.15, 0.2) is 0 Å². The maximum absolute atomic E-state index is 13.9. The molecule has 6 rings (SSSR count). The highest BCUT2D eigenvalue weighted by atomic mass is 79.9. The van der Waals surface area contributed by atoms with Gasteiger partial charge in [0.2, 0.25) is 11.8 Å². The van der Waals surface area contributed by atoms with Gasteiger partial charge in [-0.25, -0.2) is 19.7 Å². The Kier molecular flexibility index (Phi) is 6.56. The molecule has 0 spiro atoms. The average molecular weight is 621 g/mol. The van der Waals surface area contributed by atoms with Crippen LogP contribution in [-0.4, -0.2) is 60.0 Å². The van der Waals surface area contributed by atoms with Crippen molar-refractivity contribution in [1.29, 1.82) is 0 Å². The van der Waals surface area contributed by atoms with E-state index < -0.39 is 17.7 Å². The number of carbonyl (C=O) groups excluding carboxylic acids is 3. The molecule has 4 N–H and O–H groups in total. The highest BCUT2D eigenvalue weighted by Gasteiger charge is 2.56. The summed E-state index contributed by atoms with van der Waals surface area (Å²) >= 11 is 3.32. The van der Waals surface area contributed by atoms with Crippen LogP contribution in [0.25, 0.3) is 21.9 Å². The molecule has 1 aromatic carbocycles. The molecule has 1 aliphatic carbocycles. The summed E-state index contributed by atoms with van der Waals surface area (Å²) in [6, 6.07) is 9.96. The number of rotatable bonds is 5. The first-order valence-corrected chi connectivity index (χ1v) is 14.0. The molecular weight excluding hydrogens is 592 g/mol. The van der Waals surface area contributed by atoms with E-state index in [1.807, 2.05) is 0 Å². The van der Waals surface area contributed by atoms with Gasteiger partial charge in [-0.05, 0) is 85.8 Å². The molecule has 0 radical (unpaired) electrons. The van der Waals surface area contributed by atoms with Crippen molar-refractivity contribution >= 4 is 73.1 Å². The second-order valence-corrected chi connectivity index (χ2v) is 12.2. The lowest BCUT2D eigenvalue weighted by atomic mass is 10.1. The van der Waals surface area contributed by atoms with Gasteiger partial charge >= 0.3 is 6.09 Å². The van der Waals surface area contributed by atoms with Crippen molar-refractivity contribution in [2.45, 2.75) is 57.8 Å². The summed E-state index contributed by atoms with van der Waals surface area (Å²) in [7, 11) is 0. The van der Waals surface area contributed by atoms with Crippen molar-refractivity contribution in [3.63, 3.8) is 0 Å². The predicted molar refractivity (Wildman–Crippen MR) is 157 cm³/mol. The number of hydrogen-bond acceptors (Lipinski definition) is 8. The zero-order valence-electron chi connectivity index (χ0n) is 22.7. The highest BCUT2D eigenvalue weighted by molar-refractivity contribution is 9.10. The van der Waals surface area contributed by atoms with Crippen LogP contribution in [-0.2, 0) is 20.9 Å². The third-order valence-corrected chi connectivity index (χ3v) is 7.71. The van der Waals surface area contributed by atoms with Crippen LogP contribution in [0.2, 0.25) is 0 Å². The normalized spacial score (nSPS) is 19.7. The van der Waals surface area contributed by atoms with Gasteiger partial charge in [0, 0.05) is 17.1 Å². The summed E-state index contributed by atoms with van der Waals surface area (Å²) in [6.07, 6.45) is 2.23. The number of amides is 3. The number of halogens is 1. The van der Waals surface area contributed by atoms with Crippen LogP contribution in [0.15, 0.2) is 47.3 Å². The van der Waals surface area contributed by atoms with Crippen molar-refractivity contribution in [2.75, 3.05) is 16.4 Å². The zero-order chi connectivity index (χ0) is 29.1. The number of carbonyl (C=O) groups is 3. The predicted octanol–water partition coefficient (Wildman–Crippen LogP) is 4.30. The molecular formula is C28H29BrN8O4. The van der Waals surface area contributed by atoms with E-state index >= 15 is 0 Å². The number of anilines is 3. The van der Waals surface area contributed by atoms with Crippen LogP contribution in [0.1, 0.15) is 33.6 Å². The fraction of sp³-hybridized carbons (Fsp3) is 0.357. The molecule has 13 heteroatoms. The summed E-state index contributed by atoms with van der Waals surface area (Å²) in [6.45, 7) is 5.28. The summed E-state index contributed by atoms with van der Waals surface area (Å²) in [4.78, 5) is 54.2. The van der Waals surface area contributed by atoms with E-state index in [4.69, 9.17) is 10.5 Å². The fourth-order valence-electron chi connectivity index (χ4n) is 5.55. The minimum Gasteiger partial charge on any atom is -0.444 e. The van der Waals surface area contributed by atoms with E-state index in [1.165, 1.54) is 6.33 Å². The van der Waals surface area contributed by atoms with Crippen LogP contribution >= 0.6 is 15.9 Å². The van der Waals surface area contributed by atoms with Crippen molar-refractivity contribution in [3.05, 3.63) is 47.3 Å². The number of likely N-dealkylation sites (tertiary alicyclic amines) is 1. The van der Waals surface area contributed by atoms with Gasteiger partial charge in [-0.2, -0.15) is 0 Å².